The fourth-order valence-corrected chi connectivity index (χ4v) is 3.43. The fourth-order valence-electron chi connectivity index (χ4n) is 3.43. The highest BCUT2D eigenvalue weighted by molar-refractivity contribution is 6.04. The Morgan fingerprint density at radius 2 is 1.68 bits per heavy atom. The summed E-state index contributed by atoms with van der Waals surface area (Å²) in [6.07, 6.45) is 9.40. The molecule has 3 heterocycles. The van der Waals surface area contributed by atoms with Gasteiger partial charge in [-0.1, -0.05) is 12.1 Å². The van der Waals surface area contributed by atoms with Gasteiger partial charge in [0, 0.05) is 29.2 Å². The Balaban J connectivity index is 1.39. The first-order valence-corrected chi connectivity index (χ1v) is 9.33. The Bertz CT molecular complexity index is 1110. The van der Waals surface area contributed by atoms with Crippen molar-refractivity contribution >= 4 is 17.4 Å². The van der Waals surface area contributed by atoms with Crippen LogP contribution in [0.4, 0.5) is 5.69 Å². The highest BCUT2D eigenvalue weighted by Gasteiger charge is 2.15. The summed E-state index contributed by atoms with van der Waals surface area (Å²) in [5, 5.41) is 7.57. The molecule has 0 unspecified atom stereocenters. The van der Waals surface area contributed by atoms with E-state index in [-0.39, 0.29) is 5.91 Å². The maximum atomic E-state index is 12.2. The molecule has 7 heteroatoms. The molecule has 0 aliphatic heterocycles. The van der Waals surface area contributed by atoms with E-state index in [0.717, 1.165) is 47.6 Å². The number of nitrogens with zero attached hydrogens (tertiary/aromatic N) is 5. The second kappa shape index (κ2) is 6.84. The summed E-state index contributed by atoms with van der Waals surface area (Å²) >= 11 is 0. The van der Waals surface area contributed by atoms with Gasteiger partial charge in [0.05, 0.1) is 23.3 Å². The Kier molecular flexibility index (Phi) is 4.05. The minimum Gasteiger partial charge on any atom is -0.322 e. The lowest BCUT2D eigenvalue weighted by Gasteiger charge is -2.12. The van der Waals surface area contributed by atoms with E-state index >= 15 is 0 Å². The largest absolute Gasteiger partial charge is 0.322 e. The molecular weight excluding hydrogens is 352 g/mol. The van der Waals surface area contributed by atoms with Crippen LogP contribution in [0.1, 0.15) is 34.6 Å². The van der Waals surface area contributed by atoms with Crippen LogP contribution in [-0.2, 0) is 12.8 Å². The lowest BCUT2D eigenvalue weighted by atomic mass is 10.0. The van der Waals surface area contributed by atoms with E-state index in [1.54, 1.807) is 29.0 Å². The number of pyridine rings is 1. The Morgan fingerprint density at radius 3 is 2.46 bits per heavy atom. The maximum Gasteiger partial charge on any atom is 0.255 e. The van der Waals surface area contributed by atoms with E-state index < -0.39 is 0 Å². The summed E-state index contributed by atoms with van der Waals surface area (Å²) < 4.78 is 1.76. The highest BCUT2D eigenvalue weighted by atomic mass is 16.1. The van der Waals surface area contributed by atoms with E-state index in [1.165, 1.54) is 6.42 Å². The molecule has 138 valence electrons. The van der Waals surface area contributed by atoms with Gasteiger partial charge < -0.3 is 5.32 Å². The zero-order chi connectivity index (χ0) is 18.9. The molecule has 0 atom stereocenters. The second-order valence-corrected chi connectivity index (χ2v) is 6.85. The van der Waals surface area contributed by atoms with Gasteiger partial charge in [-0.2, -0.15) is 5.10 Å². The van der Waals surface area contributed by atoms with Gasteiger partial charge in [-0.15, -0.1) is 0 Å². The summed E-state index contributed by atoms with van der Waals surface area (Å²) in [4.78, 5) is 25.5. The summed E-state index contributed by atoms with van der Waals surface area (Å²) in [5.41, 5.74) is 5.21. The van der Waals surface area contributed by atoms with Crippen molar-refractivity contribution < 1.29 is 4.79 Å². The average Bonchev–Trinajstić information content (AvgIpc) is 3.16. The molecule has 3 aromatic heterocycles. The average molecular weight is 370 g/mol. The number of rotatable bonds is 3. The van der Waals surface area contributed by atoms with Gasteiger partial charge in [0.25, 0.3) is 11.7 Å². The van der Waals surface area contributed by atoms with E-state index in [4.69, 9.17) is 0 Å². The number of fused-ring (bicyclic) bond motifs is 2. The van der Waals surface area contributed by atoms with Gasteiger partial charge in [0.15, 0.2) is 0 Å². The van der Waals surface area contributed by atoms with Crippen LogP contribution < -0.4 is 5.32 Å². The van der Waals surface area contributed by atoms with Crippen LogP contribution >= 0.6 is 0 Å². The van der Waals surface area contributed by atoms with Gasteiger partial charge in [-0.25, -0.2) is 14.5 Å². The van der Waals surface area contributed by atoms with Gasteiger partial charge in [-0.3, -0.25) is 9.78 Å². The van der Waals surface area contributed by atoms with Crippen molar-refractivity contribution in [1.82, 2.24) is 24.6 Å². The van der Waals surface area contributed by atoms with Crippen LogP contribution in [0.2, 0.25) is 0 Å². The summed E-state index contributed by atoms with van der Waals surface area (Å²) in [6.45, 7) is 0. The molecule has 0 bridgehead atoms. The number of carbonyl (C=O) groups is 1. The van der Waals surface area contributed by atoms with Crippen LogP contribution in [-0.4, -0.2) is 30.5 Å². The molecule has 1 aromatic carbocycles. The lowest BCUT2D eigenvalue weighted by molar-refractivity contribution is 0.102. The number of imidazole rings is 1. The first-order chi connectivity index (χ1) is 13.8. The molecule has 1 amide bonds. The molecule has 7 nitrogen and oxygen atoms in total. The van der Waals surface area contributed by atoms with Crippen molar-refractivity contribution in [2.75, 3.05) is 5.32 Å². The Hall–Kier alpha value is -3.61. The zero-order valence-corrected chi connectivity index (χ0v) is 15.2. The number of aromatic nitrogens is 5. The molecule has 1 aliphatic carbocycles. The maximum absolute atomic E-state index is 12.2. The van der Waals surface area contributed by atoms with Crippen molar-refractivity contribution in [3.8, 4) is 11.3 Å². The monoisotopic (exact) mass is 370 g/mol. The van der Waals surface area contributed by atoms with E-state index in [1.807, 2.05) is 30.5 Å². The third kappa shape index (κ3) is 3.11. The van der Waals surface area contributed by atoms with Gasteiger partial charge in [-0.05, 0) is 49.9 Å². The fraction of sp³-hybridized carbons (Fsp3) is 0.190. The van der Waals surface area contributed by atoms with Gasteiger partial charge in [0.2, 0.25) is 0 Å². The molecule has 0 radical (unpaired) electrons. The molecule has 0 spiro atoms. The van der Waals surface area contributed by atoms with Crippen LogP contribution in [0.3, 0.4) is 0 Å². The molecule has 4 aromatic rings. The number of anilines is 1. The molecule has 0 fully saturated rings. The Labute approximate surface area is 161 Å². The third-order valence-corrected chi connectivity index (χ3v) is 4.92. The molecule has 1 aliphatic rings. The van der Waals surface area contributed by atoms with Crippen molar-refractivity contribution in [3.63, 3.8) is 0 Å². The minimum absolute atomic E-state index is 0.165. The minimum atomic E-state index is -0.165. The number of carbonyl (C=O) groups excluding carboxylic acids is 1. The SMILES string of the molecule is O=C(Nc1ccc(-c2cn3nc4c(nc3n2)CCCC4)cc1)c1ccncc1. The molecule has 28 heavy (non-hydrogen) atoms. The first-order valence-electron chi connectivity index (χ1n) is 9.33. The van der Waals surface area contributed by atoms with E-state index in [0.29, 0.717) is 11.3 Å². The van der Waals surface area contributed by atoms with Crippen molar-refractivity contribution in [3.05, 3.63) is 71.9 Å². The molecule has 0 saturated carbocycles. The van der Waals surface area contributed by atoms with Crippen LogP contribution in [0.25, 0.3) is 17.0 Å². The van der Waals surface area contributed by atoms with Gasteiger partial charge >= 0.3 is 0 Å². The van der Waals surface area contributed by atoms with Crippen LogP contribution in [0, 0.1) is 0 Å². The normalized spacial score (nSPS) is 13.3. The number of hydrogen-bond donors (Lipinski definition) is 1. The smallest absolute Gasteiger partial charge is 0.255 e. The predicted octanol–water partition coefficient (Wildman–Crippen LogP) is 3.32. The predicted molar refractivity (Wildman–Crippen MR) is 105 cm³/mol. The summed E-state index contributed by atoms with van der Waals surface area (Å²) in [5.74, 6) is 0.465. The topological polar surface area (TPSA) is 85.1 Å². The quantitative estimate of drug-likeness (QED) is 0.598. The molecule has 1 N–H and O–H groups in total. The number of hydrogen-bond acceptors (Lipinski definition) is 5. The molecule has 0 saturated heterocycles. The number of aryl methyl sites for hydroxylation is 2. The van der Waals surface area contributed by atoms with E-state index in [2.05, 4.69) is 25.4 Å². The second-order valence-electron chi connectivity index (χ2n) is 6.85. The highest BCUT2D eigenvalue weighted by Crippen LogP contribution is 2.23. The van der Waals surface area contributed by atoms with Crippen LogP contribution in [0.15, 0.2) is 55.0 Å². The van der Waals surface area contributed by atoms with Crippen molar-refractivity contribution in [2.24, 2.45) is 0 Å². The number of benzene rings is 1. The Morgan fingerprint density at radius 1 is 0.929 bits per heavy atom. The molecular formula is C21H18N6O. The van der Waals surface area contributed by atoms with Gasteiger partial charge in [0.1, 0.15) is 0 Å². The summed E-state index contributed by atoms with van der Waals surface area (Å²) in [7, 11) is 0. The van der Waals surface area contributed by atoms with Crippen LogP contribution in [0.5, 0.6) is 0 Å². The standard InChI is InChI=1S/C21H18N6O/c28-20(15-9-11-22-12-10-15)23-16-7-5-14(6-8-16)19-13-27-21(25-19)24-17-3-1-2-4-18(17)26-27/h5-13H,1-4H2,(H,23,28). The van der Waals surface area contributed by atoms with E-state index in [9.17, 15) is 4.79 Å². The lowest BCUT2D eigenvalue weighted by Crippen LogP contribution is -2.11. The van der Waals surface area contributed by atoms with Crippen molar-refractivity contribution in [2.45, 2.75) is 25.7 Å². The number of nitrogens with one attached hydrogen (secondary N) is 1. The van der Waals surface area contributed by atoms with Crippen molar-refractivity contribution in [1.29, 1.82) is 0 Å². The zero-order valence-electron chi connectivity index (χ0n) is 15.2. The number of amides is 1. The third-order valence-electron chi connectivity index (χ3n) is 4.92. The first kappa shape index (κ1) is 16.6. The molecule has 5 rings (SSSR count). The summed E-state index contributed by atoms with van der Waals surface area (Å²) in [6, 6.07) is 11.0.